The highest BCUT2D eigenvalue weighted by Gasteiger charge is 2.11. The zero-order chi connectivity index (χ0) is 14.5. The summed E-state index contributed by atoms with van der Waals surface area (Å²) >= 11 is 5.60. The Hall–Kier alpha value is -1.98. The SMILES string of the molecule is COc1cc(N=C(N)CCl)ccc1-c1ccc(CO)o1. The number of amidine groups is 1. The molecule has 1 aromatic heterocycles. The third kappa shape index (κ3) is 3.12. The minimum Gasteiger partial charge on any atom is -0.496 e. The summed E-state index contributed by atoms with van der Waals surface area (Å²) in [5.74, 6) is 2.22. The van der Waals surface area contributed by atoms with Gasteiger partial charge >= 0.3 is 0 Å². The minimum atomic E-state index is -0.142. The van der Waals surface area contributed by atoms with Crippen molar-refractivity contribution in [3.05, 3.63) is 36.1 Å². The van der Waals surface area contributed by atoms with Gasteiger partial charge in [-0.25, -0.2) is 4.99 Å². The molecular formula is C14H15ClN2O3. The third-order valence-corrected chi connectivity index (χ3v) is 2.95. The number of aliphatic imine (C=N–C) groups is 1. The van der Waals surface area contributed by atoms with Crippen LogP contribution >= 0.6 is 11.6 Å². The number of methoxy groups -OCH3 is 1. The van der Waals surface area contributed by atoms with Crippen molar-refractivity contribution in [1.82, 2.24) is 0 Å². The van der Waals surface area contributed by atoms with Crippen LogP contribution in [0.3, 0.4) is 0 Å². The van der Waals surface area contributed by atoms with Crippen molar-refractivity contribution < 1.29 is 14.3 Å². The molecule has 0 bridgehead atoms. The van der Waals surface area contributed by atoms with Gasteiger partial charge < -0.3 is 20.0 Å². The number of nitrogens with two attached hydrogens (primary N) is 1. The predicted octanol–water partition coefficient (Wildman–Crippen LogP) is 2.68. The Morgan fingerprint density at radius 2 is 2.20 bits per heavy atom. The molecule has 5 nitrogen and oxygen atoms in total. The first kappa shape index (κ1) is 14.4. The highest BCUT2D eigenvalue weighted by Crippen LogP contribution is 2.34. The van der Waals surface area contributed by atoms with Crippen molar-refractivity contribution in [3.63, 3.8) is 0 Å². The van der Waals surface area contributed by atoms with E-state index in [1.807, 2.05) is 6.07 Å². The van der Waals surface area contributed by atoms with Crippen molar-refractivity contribution in [2.75, 3.05) is 13.0 Å². The number of halogens is 1. The Balaban J connectivity index is 2.40. The number of ether oxygens (including phenoxy) is 1. The molecule has 0 radical (unpaired) electrons. The van der Waals surface area contributed by atoms with E-state index in [0.717, 1.165) is 5.56 Å². The molecule has 0 unspecified atom stereocenters. The standard InChI is InChI=1S/C14H15ClN2O3/c1-19-13-6-9(17-14(16)7-15)2-4-11(13)12-5-3-10(8-18)20-12/h2-6,18H,7-8H2,1H3,(H2,16,17). The lowest BCUT2D eigenvalue weighted by molar-refractivity contribution is 0.248. The molecule has 1 aromatic carbocycles. The van der Waals surface area contributed by atoms with Gasteiger partial charge in [-0.15, -0.1) is 11.6 Å². The average Bonchev–Trinajstić information content (AvgIpc) is 2.95. The second-order valence-corrected chi connectivity index (χ2v) is 4.31. The molecule has 106 valence electrons. The van der Waals surface area contributed by atoms with Gasteiger partial charge in [0.2, 0.25) is 0 Å². The normalized spacial score (nSPS) is 11.7. The first-order valence-electron chi connectivity index (χ1n) is 5.95. The second-order valence-electron chi connectivity index (χ2n) is 4.05. The molecule has 2 rings (SSSR count). The molecule has 2 aromatic rings. The molecule has 6 heteroatoms. The molecule has 1 heterocycles. The van der Waals surface area contributed by atoms with Crippen LogP contribution in [0.1, 0.15) is 5.76 Å². The Morgan fingerprint density at radius 1 is 1.40 bits per heavy atom. The summed E-state index contributed by atoms with van der Waals surface area (Å²) in [6.45, 7) is -0.142. The number of rotatable bonds is 5. The van der Waals surface area contributed by atoms with Crippen LogP contribution in [0.25, 0.3) is 11.3 Å². The molecule has 0 atom stereocenters. The minimum absolute atomic E-state index is 0.142. The highest BCUT2D eigenvalue weighted by atomic mass is 35.5. The topological polar surface area (TPSA) is 81.0 Å². The average molecular weight is 295 g/mol. The maximum Gasteiger partial charge on any atom is 0.138 e. The Labute approximate surface area is 121 Å². The van der Waals surface area contributed by atoms with Gasteiger partial charge in [-0.1, -0.05) is 0 Å². The van der Waals surface area contributed by atoms with Crippen LogP contribution in [0, 0.1) is 0 Å². The Kier molecular flexibility index (Phi) is 4.65. The van der Waals surface area contributed by atoms with E-state index in [2.05, 4.69) is 4.99 Å². The molecule has 0 saturated heterocycles. The van der Waals surface area contributed by atoms with Crippen LogP contribution in [-0.2, 0) is 6.61 Å². The lowest BCUT2D eigenvalue weighted by atomic mass is 10.1. The number of nitrogens with zero attached hydrogens (tertiary/aromatic N) is 1. The number of hydrogen-bond acceptors (Lipinski definition) is 4. The Morgan fingerprint density at radius 3 is 2.80 bits per heavy atom. The van der Waals surface area contributed by atoms with Gasteiger partial charge in [0.15, 0.2) is 0 Å². The van der Waals surface area contributed by atoms with Crippen LogP contribution in [0.5, 0.6) is 5.75 Å². The van der Waals surface area contributed by atoms with Gasteiger partial charge in [0, 0.05) is 6.07 Å². The maximum absolute atomic E-state index is 9.03. The molecule has 0 saturated carbocycles. The fraction of sp³-hybridized carbons (Fsp3) is 0.214. The van der Waals surface area contributed by atoms with Gasteiger partial charge in [-0.2, -0.15) is 0 Å². The summed E-state index contributed by atoms with van der Waals surface area (Å²) in [5, 5.41) is 9.03. The van der Waals surface area contributed by atoms with Crippen molar-refractivity contribution in [2.24, 2.45) is 10.7 Å². The van der Waals surface area contributed by atoms with Crippen molar-refractivity contribution in [3.8, 4) is 17.1 Å². The molecule has 0 aliphatic rings. The molecule has 20 heavy (non-hydrogen) atoms. The first-order chi connectivity index (χ1) is 9.67. The molecule has 0 aliphatic heterocycles. The summed E-state index contributed by atoms with van der Waals surface area (Å²) in [4.78, 5) is 4.15. The number of aliphatic hydroxyl groups excluding tert-OH is 1. The largest absolute Gasteiger partial charge is 0.496 e. The predicted molar refractivity (Wildman–Crippen MR) is 78.6 cm³/mol. The van der Waals surface area contributed by atoms with Crippen molar-refractivity contribution in [2.45, 2.75) is 6.61 Å². The third-order valence-electron chi connectivity index (χ3n) is 2.68. The first-order valence-corrected chi connectivity index (χ1v) is 6.48. The van der Waals surface area contributed by atoms with Crippen LogP contribution < -0.4 is 10.5 Å². The van der Waals surface area contributed by atoms with Crippen LogP contribution in [0.15, 0.2) is 39.7 Å². The molecule has 3 N–H and O–H groups in total. The Bertz CT molecular complexity index is 623. The van der Waals surface area contributed by atoms with E-state index >= 15 is 0 Å². The van der Waals surface area contributed by atoms with Crippen LogP contribution in [-0.4, -0.2) is 23.9 Å². The number of alkyl halides is 1. The fourth-order valence-electron chi connectivity index (χ4n) is 1.76. The van der Waals surface area contributed by atoms with Gasteiger partial charge in [0.1, 0.15) is 29.7 Å². The molecule has 0 amide bonds. The van der Waals surface area contributed by atoms with Gasteiger partial charge in [-0.3, -0.25) is 0 Å². The second kappa shape index (κ2) is 6.45. The molecule has 0 aliphatic carbocycles. The quantitative estimate of drug-likeness (QED) is 0.505. The lowest BCUT2D eigenvalue weighted by Gasteiger charge is -2.07. The van der Waals surface area contributed by atoms with Gasteiger partial charge in [0.25, 0.3) is 0 Å². The zero-order valence-corrected chi connectivity index (χ0v) is 11.7. The summed E-state index contributed by atoms with van der Waals surface area (Å²) < 4.78 is 10.8. The van der Waals surface area contributed by atoms with E-state index in [0.29, 0.717) is 28.8 Å². The maximum atomic E-state index is 9.03. The zero-order valence-electron chi connectivity index (χ0n) is 11.0. The van der Waals surface area contributed by atoms with Crippen molar-refractivity contribution in [1.29, 1.82) is 0 Å². The van der Waals surface area contributed by atoms with Crippen LogP contribution in [0.2, 0.25) is 0 Å². The molecule has 0 fully saturated rings. The van der Waals surface area contributed by atoms with Gasteiger partial charge in [-0.05, 0) is 24.3 Å². The number of aliphatic hydroxyl groups is 1. The summed E-state index contributed by atoms with van der Waals surface area (Å²) in [6.07, 6.45) is 0. The molecule has 0 spiro atoms. The smallest absolute Gasteiger partial charge is 0.138 e. The number of hydrogen-bond donors (Lipinski definition) is 2. The highest BCUT2D eigenvalue weighted by molar-refractivity contribution is 6.28. The monoisotopic (exact) mass is 294 g/mol. The summed E-state index contributed by atoms with van der Waals surface area (Å²) in [6, 6.07) is 8.85. The fourth-order valence-corrected chi connectivity index (χ4v) is 1.82. The summed E-state index contributed by atoms with van der Waals surface area (Å²) in [7, 11) is 1.56. The van der Waals surface area contributed by atoms with E-state index in [9.17, 15) is 0 Å². The van der Waals surface area contributed by atoms with E-state index in [4.69, 9.17) is 31.6 Å². The van der Waals surface area contributed by atoms with Crippen LogP contribution in [0.4, 0.5) is 5.69 Å². The van der Waals surface area contributed by atoms with E-state index in [-0.39, 0.29) is 12.5 Å². The van der Waals surface area contributed by atoms with Gasteiger partial charge in [0.05, 0.1) is 24.2 Å². The molecular weight excluding hydrogens is 280 g/mol. The number of furan rings is 1. The van der Waals surface area contributed by atoms with E-state index in [1.165, 1.54) is 0 Å². The van der Waals surface area contributed by atoms with E-state index in [1.54, 1.807) is 31.4 Å². The van der Waals surface area contributed by atoms with E-state index < -0.39 is 0 Å². The summed E-state index contributed by atoms with van der Waals surface area (Å²) in [5.41, 5.74) is 7.02. The number of benzene rings is 1. The lowest BCUT2D eigenvalue weighted by Crippen LogP contribution is -2.12. The van der Waals surface area contributed by atoms with Crippen molar-refractivity contribution >= 4 is 23.1 Å².